The number of sulfone groups is 1. The average Bonchev–Trinajstić information content (AvgIpc) is 3.51. The van der Waals surface area contributed by atoms with Crippen LogP contribution in [0.25, 0.3) is 21.9 Å². The van der Waals surface area contributed by atoms with Crippen LogP contribution < -0.4 is 10.6 Å². The Balaban J connectivity index is 1.92. The van der Waals surface area contributed by atoms with Gasteiger partial charge in [-0.3, -0.25) is 4.79 Å². The summed E-state index contributed by atoms with van der Waals surface area (Å²) in [4.78, 5) is 21.1. The lowest BCUT2D eigenvalue weighted by Gasteiger charge is -2.14. The van der Waals surface area contributed by atoms with E-state index in [1.807, 2.05) is 0 Å². The summed E-state index contributed by atoms with van der Waals surface area (Å²) >= 11 is 0. The predicted octanol–water partition coefficient (Wildman–Crippen LogP) is 3.09. The maximum absolute atomic E-state index is 12.3. The summed E-state index contributed by atoms with van der Waals surface area (Å²) in [7, 11) is -1.67. The molecule has 1 aromatic carbocycles. The number of carbonyl (C=O) groups is 1. The van der Waals surface area contributed by atoms with E-state index in [9.17, 15) is 13.2 Å². The van der Waals surface area contributed by atoms with Gasteiger partial charge >= 0.3 is 0 Å². The van der Waals surface area contributed by atoms with E-state index < -0.39 is 9.84 Å². The predicted molar refractivity (Wildman–Crippen MR) is 109 cm³/mol. The van der Waals surface area contributed by atoms with E-state index in [1.54, 1.807) is 49.8 Å². The zero-order valence-electron chi connectivity index (χ0n) is 15.6. The molecule has 2 heterocycles. The van der Waals surface area contributed by atoms with E-state index >= 15 is 0 Å². The van der Waals surface area contributed by atoms with Gasteiger partial charge in [0.1, 0.15) is 11.6 Å². The van der Waals surface area contributed by atoms with Gasteiger partial charge < -0.3 is 10.6 Å². The number of fused-ring (bicyclic) bond motifs is 1. The molecule has 0 radical (unpaired) electrons. The number of hydrogen-bond acceptors (Lipinski definition) is 6. The third-order valence-corrected chi connectivity index (χ3v) is 5.94. The van der Waals surface area contributed by atoms with Crippen LogP contribution in [-0.4, -0.2) is 37.6 Å². The van der Waals surface area contributed by atoms with Crippen LogP contribution >= 0.6 is 0 Å². The van der Waals surface area contributed by atoms with Gasteiger partial charge in [-0.05, 0) is 30.4 Å². The molecule has 1 aliphatic rings. The number of rotatable bonds is 5. The quantitative estimate of drug-likeness (QED) is 0.687. The van der Waals surface area contributed by atoms with E-state index in [0.29, 0.717) is 22.8 Å². The van der Waals surface area contributed by atoms with E-state index in [2.05, 4.69) is 20.6 Å². The first-order valence-electron chi connectivity index (χ1n) is 8.95. The summed E-state index contributed by atoms with van der Waals surface area (Å²) in [5.74, 6) is 1.10. The summed E-state index contributed by atoms with van der Waals surface area (Å²) in [6.07, 6.45) is 6.28. The van der Waals surface area contributed by atoms with E-state index in [-0.39, 0.29) is 16.7 Å². The molecule has 3 aromatic rings. The molecule has 8 heteroatoms. The number of pyridine rings is 2. The van der Waals surface area contributed by atoms with E-state index in [0.717, 1.165) is 23.6 Å². The van der Waals surface area contributed by atoms with Gasteiger partial charge in [0, 0.05) is 48.1 Å². The van der Waals surface area contributed by atoms with E-state index in [1.165, 1.54) is 6.26 Å². The van der Waals surface area contributed by atoms with Crippen LogP contribution in [0.5, 0.6) is 0 Å². The highest BCUT2D eigenvalue weighted by Crippen LogP contribution is 2.36. The largest absolute Gasteiger partial charge is 0.373 e. The van der Waals surface area contributed by atoms with Gasteiger partial charge in [0.05, 0.1) is 4.90 Å². The van der Waals surface area contributed by atoms with Crippen molar-refractivity contribution in [1.82, 2.24) is 9.97 Å². The fraction of sp³-hybridized carbons (Fsp3) is 0.250. The fourth-order valence-electron chi connectivity index (χ4n) is 3.20. The highest BCUT2D eigenvalue weighted by Gasteiger charge is 2.30. The van der Waals surface area contributed by atoms with Crippen LogP contribution in [0.3, 0.4) is 0 Å². The van der Waals surface area contributed by atoms with Gasteiger partial charge in [-0.25, -0.2) is 18.4 Å². The standard InChI is InChI=1S/C20H20N4O3S/c1-21-19-16-11-22-18(24-20(25)12-7-8-12)9-14(16)15(10-23-19)13-5-3-4-6-17(13)28(2,26)27/h3-6,9-12H,7-8H2,1-2H3,(H,21,23)(H,22,24,25). The number of hydrogen-bond donors (Lipinski definition) is 2. The van der Waals surface area contributed by atoms with Crippen molar-refractivity contribution in [1.29, 1.82) is 0 Å². The summed E-state index contributed by atoms with van der Waals surface area (Å²) in [5.41, 5.74) is 1.23. The monoisotopic (exact) mass is 396 g/mol. The molecular formula is C20H20N4O3S. The van der Waals surface area contributed by atoms with Crippen LogP contribution in [0.15, 0.2) is 47.6 Å². The lowest BCUT2D eigenvalue weighted by molar-refractivity contribution is -0.117. The van der Waals surface area contributed by atoms with Crippen molar-refractivity contribution in [2.45, 2.75) is 17.7 Å². The first kappa shape index (κ1) is 18.4. The minimum absolute atomic E-state index is 0.0344. The molecule has 2 N–H and O–H groups in total. The number of aromatic nitrogens is 2. The maximum atomic E-state index is 12.3. The van der Waals surface area contributed by atoms with Gasteiger partial charge in [-0.1, -0.05) is 18.2 Å². The number of nitrogens with one attached hydrogen (secondary N) is 2. The van der Waals surface area contributed by atoms with Gasteiger partial charge in [0.25, 0.3) is 0 Å². The molecule has 0 aliphatic heterocycles. The highest BCUT2D eigenvalue weighted by molar-refractivity contribution is 7.90. The molecule has 0 spiro atoms. The minimum atomic E-state index is -3.43. The van der Waals surface area contributed by atoms with Crippen molar-refractivity contribution in [3.8, 4) is 11.1 Å². The van der Waals surface area contributed by atoms with Gasteiger partial charge in [0.2, 0.25) is 5.91 Å². The fourth-order valence-corrected chi connectivity index (χ4v) is 4.11. The second-order valence-corrected chi connectivity index (χ2v) is 8.90. The third kappa shape index (κ3) is 3.43. The molecule has 0 atom stereocenters. The Morgan fingerprint density at radius 1 is 1.07 bits per heavy atom. The van der Waals surface area contributed by atoms with Crippen molar-refractivity contribution in [2.75, 3.05) is 23.9 Å². The Morgan fingerprint density at radius 3 is 2.50 bits per heavy atom. The molecule has 0 bridgehead atoms. The molecule has 4 rings (SSSR count). The first-order chi connectivity index (χ1) is 13.4. The number of anilines is 2. The minimum Gasteiger partial charge on any atom is -0.373 e. The molecule has 1 fully saturated rings. The van der Waals surface area contributed by atoms with Crippen LogP contribution in [0.1, 0.15) is 12.8 Å². The van der Waals surface area contributed by atoms with Crippen molar-refractivity contribution in [3.05, 3.63) is 42.7 Å². The smallest absolute Gasteiger partial charge is 0.228 e. The lowest BCUT2D eigenvalue weighted by Crippen LogP contribution is -2.14. The Hall–Kier alpha value is -3.00. The first-order valence-corrected chi connectivity index (χ1v) is 10.8. The van der Waals surface area contributed by atoms with Gasteiger partial charge in [-0.15, -0.1) is 0 Å². The number of benzene rings is 1. The zero-order valence-corrected chi connectivity index (χ0v) is 16.4. The molecule has 28 heavy (non-hydrogen) atoms. The second kappa shape index (κ2) is 6.87. The van der Waals surface area contributed by atoms with Crippen LogP contribution in [-0.2, 0) is 14.6 Å². The number of carbonyl (C=O) groups excluding carboxylic acids is 1. The number of amides is 1. The molecule has 1 amide bonds. The topological polar surface area (TPSA) is 101 Å². The third-order valence-electron chi connectivity index (χ3n) is 4.78. The van der Waals surface area contributed by atoms with Gasteiger partial charge in [-0.2, -0.15) is 0 Å². The summed E-state index contributed by atoms with van der Waals surface area (Å²) < 4.78 is 24.6. The SMILES string of the molecule is CNc1ncc(-c2ccccc2S(C)(=O)=O)c2cc(NC(=O)C3CC3)ncc12. The second-order valence-electron chi connectivity index (χ2n) is 6.92. The van der Waals surface area contributed by atoms with Crippen LogP contribution in [0.2, 0.25) is 0 Å². The van der Waals surface area contributed by atoms with Crippen molar-refractivity contribution >= 4 is 38.2 Å². The summed E-state index contributed by atoms with van der Waals surface area (Å²) in [6.45, 7) is 0. The Bertz CT molecular complexity index is 1190. The molecular weight excluding hydrogens is 376 g/mol. The van der Waals surface area contributed by atoms with Crippen molar-refractivity contribution in [2.24, 2.45) is 5.92 Å². The van der Waals surface area contributed by atoms with Crippen molar-refractivity contribution < 1.29 is 13.2 Å². The zero-order chi connectivity index (χ0) is 19.9. The average molecular weight is 396 g/mol. The van der Waals surface area contributed by atoms with Crippen molar-refractivity contribution in [3.63, 3.8) is 0 Å². The maximum Gasteiger partial charge on any atom is 0.228 e. The highest BCUT2D eigenvalue weighted by atomic mass is 32.2. The molecule has 7 nitrogen and oxygen atoms in total. The molecule has 144 valence electrons. The normalized spacial score (nSPS) is 14.1. The molecule has 0 unspecified atom stereocenters. The van der Waals surface area contributed by atoms with Crippen LogP contribution in [0, 0.1) is 5.92 Å². The number of nitrogens with zero attached hydrogens (tertiary/aromatic N) is 2. The van der Waals surface area contributed by atoms with E-state index in [4.69, 9.17) is 0 Å². The Labute approximate surface area is 163 Å². The lowest BCUT2D eigenvalue weighted by atomic mass is 10.0. The van der Waals surface area contributed by atoms with Gasteiger partial charge in [0.15, 0.2) is 9.84 Å². The molecule has 1 saturated carbocycles. The summed E-state index contributed by atoms with van der Waals surface area (Å²) in [6, 6.07) is 8.60. The van der Waals surface area contributed by atoms with Crippen LogP contribution in [0.4, 0.5) is 11.6 Å². The molecule has 0 saturated heterocycles. The summed E-state index contributed by atoms with van der Waals surface area (Å²) in [5, 5.41) is 7.38. The molecule has 1 aliphatic carbocycles. The Morgan fingerprint density at radius 2 is 1.82 bits per heavy atom. The molecule has 2 aromatic heterocycles. The Kier molecular flexibility index (Phi) is 4.50.